The Labute approximate surface area is 109 Å². The molecule has 0 saturated carbocycles. The number of halogens is 3. The van der Waals surface area contributed by atoms with Crippen LogP contribution >= 0.6 is 11.6 Å². The molecule has 108 valence electrons. The molecule has 0 aromatic heterocycles. The summed E-state index contributed by atoms with van der Waals surface area (Å²) in [5.41, 5.74) is 0. The molecule has 0 aliphatic heterocycles. The van der Waals surface area contributed by atoms with Gasteiger partial charge in [-0.1, -0.05) is 19.3 Å². The van der Waals surface area contributed by atoms with Crippen molar-refractivity contribution in [1.29, 1.82) is 0 Å². The van der Waals surface area contributed by atoms with Crippen molar-refractivity contribution in [3.05, 3.63) is 0 Å². The molecule has 9 heteroatoms. The molecule has 0 fully saturated rings. The lowest BCUT2D eigenvalue weighted by molar-refractivity contribution is -0.161. The second-order valence-corrected chi connectivity index (χ2v) is 5.43. The lowest BCUT2D eigenvalue weighted by Crippen LogP contribution is -2.39. The van der Waals surface area contributed by atoms with E-state index in [4.69, 9.17) is 16.2 Å². The number of hydrogen-bond donors (Lipinski definition) is 1. The van der Waals surface area contributed by atoms with Gasteiger partial charge in [-0.05, 0) is 12.8 Å². The van der Waals surface area contributed by atoms with E-state index >= 15 is 0 Å². The zero-order chi connectivity index (χ0) is 14.2. The smallest absolute Gasteiger partial charge is 0.460 e. The Hall–Kier alpha value is -0.470. The molecule has 0 aliphatic carbocycles. The van der Waals surface area contributed by atoms with Crippen molar-refractivity contribution in [2.45, 2.75) is 37.4 Å². The molecule has 0 bridgehead atoms. The minimum atomic E-state index is -5.78. The highest BCUT2D eigenvalue weighted by molar-refractivity contribution is 7.87. The van der Waals surface area contributed by atoms with Gasteiger partial charge in [0.2, 0.25) is 0 Å². The first-order valence-corrected chi connectivity index (χ1v) is 7.29. The van der Waals surface area contributed by atoms with E-state index in [1.807, 2.05) is 0 Å². The Kier molecular flexibility index (Phi) is 7.65. The maximum Gasteiger partial charge on any atom is 0.465 e. The number of carbonyl (C=O) groups excluding carboxylic acids is 1. The van der Waals surface area contributed by atoms with Gasteiger partial charge < -0.3 is 4.74 Å². The monoisotopic (exact) mass is 308 g/mol. The van der Waals surface area contributed by atoms with Gasteiger partial charge in [0, 0.05) is 5.88 Å². The van der Waals surface area contributed by atoms with Crippen LogP contribution in [0, 0.1) is 0 Å². The van der Waals surface area contributed by atoms with Crippen LogP contribution in [0.1, 0.15) is 32.1 Å². The molecule has 5 nitrogen and oxygen atoms in total. The minimum absolute atomic E-state index is 0.315. The Bertz CT molecular complexity index is 358. The first kappa shape index (κ1) is 17.5. The van der Waals surface area contributed by atoms with Gasteiger partial charge in [0.15, 0.2) is 0 Å². The van der Waals surface area contributed by atoms with Crippen LogP contribution in [0.25, 0.3) is 0 Å². The van der Waals surface area contributed by atoms with Crippen LogP contribution in [0.5, 0.6) is 0 Å². The van der Waals surface area contributed by atoms with Gasteiger partial charge in [0.1, 0.15) is 0 Å². The molecule has 0 aromatic rings. The number of ether oxygens (including phenoxy) is 1. The Morgan fingerprint density at radius 2 is 1.67 bits per heavy atom. The van der Waals surface area contributed by atoms with Crippen LogP contribution in [-0.2, 0) is 19.6 Å². The maximum absolute atomic E-state index is 12.7. The summed E-state index contributed by atoms with van der Waals surface area (Å²) in [5, 5.41) is -4.91. The third-order valence-electron chi connectivity index (χ3n) is 2.07. The van der Waals surface area contributed by atoms with Crippen molar-refractivity contribution in [3.8, 4) is 0 Å². The summed E-state index contributed by atoms with van der Waals surface area (Å²) >= 11 is 5.44. The van der Waals surface area contributed by atoms with Crippen molar-refractivity contribution >= 4 is 27.7 Å². The van der Waals surface area contributed by atoms with E-state index in [0.717, 1.165) is 19.3 Å². The largest absolute Gasteiger partial charge is 0.465 e. The highest BCUT2D eigenvalue weighted by Gasteiger charge is 2.54. The van der Waals surface area contributed by atoms with Gasteiger partial charge in [-0.25, -0.2) is 4.79 Å². The van der Waals surface area contributed by atoms with Gasteiger partial charge in [-0.15, -0.1) is 11.6 Å². The fourth-order valence-electron chi connectivity index (χ4n) is 1.08. The summed E-state index contributed by atoms with van der Waals surface area (Å²) in [5.74, 6) is -1.71. The summed E-state index contributed by atoms with van der Waals surface area (Å²) in [7, 11) is -5.78. The lowest BCUT2D eigenvalue weighted by Gasteiger charge is -2.11. The maximum atomic E-state index is 12.7. The van der Waals surface area contributed by atoms with Gasteiger partial charge >= 0.3 is 21.3 Å². The highest BCUT2D eigenvalue weighted by Crippen LogP contribution is 2.22. The molecule has 0 saturated heterocycles. The average molecular weight is 309 g/mol. The first-order chi connectivity index (χ1) is 8.23. The quantitative estimate of drug-likeness (QED) is 0.306. The third kappa shape index (κ3) is 5.92. The second-order valence-electron chi connectivity index (χ2n) is 3.58. The Balaban J connectivity index is 3.85. The van der Waals surface area contributed by atoms with Gasteiger partial charge in [-0.2, -0.15) is 17.2 Å². The van der Waals surface area contributed by atoms with E-state index in [9.17, 15) is 22.0 Å². The summed E-state index contributed by atoms with van der Waals surface area (Å²) in [6.45, 7) is -0.315. The number of carbonyl (C=O) groups is 1. The number of alkyl halides is 3. The van der Waals surface area contributed by atoms with Crippen molar-refractivity contribution in [1.82, 2.24) is 0 Å². The van der Waals surface area contributed by atoms with E-state index in [-0.39, 0.29) is 6.61 Å². The highest BCUT2D eigenvalue weighted by atomic mass is 35.5. The molecule has 0 atom stereocenters. The fraction of sp³-hybridized carbons (Fsp3) is 0.889. The van der Waals surface area contributed by atoms with E-state index < -0.39 is 21.3 Å². The Morgan fingerprint density at radius 1 is 1.17 bits per heavy atom. The zero-order valence-corrected chi connectivity index (χ0v) is 11.1. The fourth-order valence-corrected chi connectivity index (χ4v) is 1.54. The summed E-state index contributed by atoms with van der Waals surface area (Å²) in [4.78, 5) is 10.7. The number of esters is 1. The normalized spacial score (nSPS) is 12.4. The molecular weight excluding hydrogens is 294 g/mol. The molecular formula is C9H15ClF2O5S. The lowest BCUT2D eigenvalue weighted by atomic mass is 10.2. The third-order valence-corrected chi connectivity index (χ3v) is 3.15. The van der Waals surface area contributed by atoms with Crippen LogP contribution in [0.4, 0.5) is 8.78 Å². The standard InChI is InChI=1S/C9H15ClF2O5S/c10-6-4-2-1-3-5-7-17-8(13)9(11,12)18(14,15)16/h1-7H2,(H,14,15,16). The molecule has 18 heavy (non-hydrogen) atoms. The first-order valence-electron chi connectivity index (χ1n) is 5.31. The molecule has 0 spiro atoms. The van der Waals surface area contributed by atoms with Crippen molar-refractivity contribution in [3.63, 3.8) is 0 Å². The predicted molar refractivity (Wildman–Crippen MR) is 61.3 cm³/mol. The van der Waals surface area contributed by atoms with Crippen LogP contribution in [-0.4, -0.2) is 36.7 Å². The molecule has 0 heterocycles. The average Bonchev–Trinajstić information content (AvgIpc) is 2.26. The van der Waals surface area contributed by atoms with E-state index in [1.165, 1.54) is 0 Å². The van der Waals surface area contributed by atoms with Crippen LogP contribution in [0.3, 0.4) is 0 Å². The Morgan fingerprint density at radius 3 is 2.17 bits per heavy atom. The molecule has 0 unspecified atom stereocenters. The van der Waals surface area contributed by atoms with E-state index in [1.54, 1.807) is 0 Å². The van der Waals surface area contributed by atoms with Gasteiger partial charge in [-0.3, -0.25) is 4.55 Å². The van der Waals surface area contributed by atoms with Crippen molar-refractivity contribution in [2.75, 3.05) is 12.5 Å². The summed E-state index contributed by atoms with van der Waals surface area (Å²) in [6.07, 6.45) is 3.55. The molecule has 0 aromatic carbocycles. The van der Waals surface area contributed by atoms with Gasteiger partial charge in [0.25, 0.3) is 0 Å². The van der Waals surface area contributed by atoms with Crippen LogP contribution in [0.2, 0.25) is 0 Å². The van der Waals surface area contributed by atoms with E-state index in [2.05, 4.69) is 4.74 Å². The SMILES string of the molecule is O=C(OCCCCCCCCl)C(F)(F)S(=O)(=O)O. The molecule has 1 N–H and O–H groups in total. The number of hydrogen-bond acceptors (Lipinski definition) is 4. The van der Waals surface area contributed by atoms with Crippen LogP contribution < -0.4 is 0 Å². The summed E-state index contributed by atoms with van der Waals surface area (Å²) in [6, 6.07) is 0. The molecule has 0 amide bonds. The topological polar surface area (TPSA) is 80.7 Å². The second kappa shape index (κ2) is 7.85. The van der Waals surface area contributed by atoms with E-state index in [0.29, 0.717) is 18.7 Å². The summed E-state index contributed by atoms with van der Waals surface area (Å²) < 4.78 is 57.9. The van der Waals surface area contributed by atoms with Gasteiger partial charge in [0.05, 0.1) is 6.61 Å². The molecule has 0 radical (unpaired) electrons. The zero-order valence-electron chi connectivity index (χ0n) is 9.57. The van der Waals surface area contributed by atoms with Crippen molar-refractivity contribution in [2.24, 2.45) is 0 Å². The number of rotatable bonds is 9. The molecule has 0 rings (SSSR count). The number of unbranched alkanes of at least 4 members (excludes halogenated alkanes) is 4. The van der Waals surface area contributed by atoms with Crippen molar-refractivity contribution < 1.29 is 31.3 Å². The molecule has 0 aliphatic rings. The predicted octanol–water partition coefficient (Wildman–Crippen LogP) is 2.20. The van der Waals surface area contributed by atoms with Crippen LogP contribution in [0.15, 0.2) is 0 Å². The minimum Gasteiger partial charge on any atom is -0.460 e.